The van der Waals surface area contributed by atoms with E-state index in [0.29, 0.717) is 47.6 Å². The van der Waals surface area contributed by atoms with Crippen LogP contribution in [-0.4, -0.2) is 43.9 Å². The van der Waals surface area contributed by atoms with Gasteiger partial charge in [0.15, 0.2) is 17.3 Å². The molecule has 0 spiro atoms. The number of hydrogen-bond donors (Lipinski definition) is 2. The van der Waals surface area contributed by atoms with Gasteiger partial charge in [-0.2, -0.15) is 5.10 Å². The van der Waals surface area contributed by atoms with Gasteiger partial charge in [0.25, 0.3) is 0 Å². The number of aromatic nitrogens is 5. The molecule has 0 aliphatic heterocycles. The molecule has 4 aromatic rings. The Kier molecular flexibility index (Phi) is 6.19. The van der Waals surface area contributed by atoms with E-state index < -0.39 is 0 Å². The lowest BCUT2D eigenvalue weighted by Gasteiger charge is -2.23. The quantitative estimate of drug-likeness (QED) is 0.396. The summed E-state index contributed by atoms with van der Waals surface area (Å²) < 4.78 is 7.11. The second-order valence-corrected chi connectivity index (χ2v) is 8.83. The molecule has 176 valence electrons. The summed E-state index contributed by atoms with van der Waals surface area (Å²) in [5.41, 5.74) is 1.79. The molecule has 9 nitrogen and oxygen atoms in total. The van der Waals surface area contributed by atoms with E-state index in [1.54, 1.807) is 7.11 Å². The van der Waals surface area contributed by atoms with Gasteiger partial charge >= 0.3 is 0 Å². The standard InChI is InChI=1S/C24H26ClN7O2/c1-3-32-24-18(13-28-32)21-17(12-27-24)22(29-15-5-7-16(33)8-6-15)30-31-23(21)26-11-14-4-9-20(34-2)19(25)10-14/h4,9-10,12-13,15H,3,5-8,11H2,1-2H3,(H,26,31)(H,29,30). The zero-order chi connectivity index (χ0) is 23.7. The molecular weight excluding hydrogens is 454 g/mol. The van der Waals surface area contributed by atoms with Gasteiger partial charge in [-0.15, -0.1) is 10.2 Å². The Hall–Kier alpha value is -3.46. The van der Waals surface area contributed by atoms with Crippen molar-refractivity contribution < 1.29 is 9.53 Å². The summed E-state index contributed by atoms with van der Waals surface area (Å²) >= 11 is 6.30. The van der Waals surface area contributed by atoms with E-state index in [9.17, 15) is 4.79 Å². The summed E-state index contributed by atoms with van der Waals surface area (Å²) in [5.74, 6) is 2.28. The Balaban J connectivity index is 1.52. The van der Waals surface area contributed by atoms with Crippen molar-refractivity contribution in [3.8, 4) is 5.75 Å². The van der Waals surface area contributed by atoms with Crippen LogP contribution in [0, 0.1) is 0 Å². The van der Waals surface area contributed by atoms with Crippen LogP contribution in [0.4, 0.5) is 11.6 Å². The van der Waals surface area contributed by atoms with Gasteiger partial charge in [-0.05, 0) is 37.5 Å². The van der Waals surface area contributed by atoms with Crippen LogP contribution in [0.1, 0.15) is 38.2 Å². The highest BCUT2D eigenvalue weighted by atomic mass is 35.5. The van der Waals surface area contributed by atoms with Crippen LogP contribution in [0.3, 0.4) is 0 Å². The summed E-state index contributed by atoms with van der Waals surface area (Å²) in [7, 11) is 1.59. The molecule has 3 heterocycles. The van der Waals surface area contributed by atoms with E-state index in [1.165, 1.54) is 0 Å². The molecule has 0 saturated heterocycles. The predicted molar refractivity (Wildman–Crippen MR) is 133 cm³/mol. The van der Waals surface area contributed by atoms with Crippen molar-refractivity contribution in [2.75, 3.05) is 17.7 Å². The van der Waals surface area contributed by atoms with E-state index in [4.69, 9.17) is 16.3 Å². The highest BCUT2D eigenvalue weighted by Gasteiger charge is 2.22. The first-order valence-electron chi connectivity index (χ1n) is 11.4. The third-order valence-corrected chi connectivity index (χ3v) is 6.56. The molecule has 1 aliphatic rings. The summed E-state index contributed by atoms with van der Waals surface area (Å²) in [6.45, 7) is 3.26. The van der Waals surface area contributed by atoms with Gasteiger partial charge in [0, 0.05) is 48.9 Å². The first kappa shape index (κ1) is 22.3. The fourth-order valence-electron chi connectivity index (χ4n) is 4.41. The minimum absolute atomic E-state index is 0.185. The number of carbonyl (C=O) groups excluding carboxylic acids is 1. The van der Waals surface area contributed by atoms with Crippen molar-refractivity contribution in [3.63, 3.8) is 0 Å². The van der Waals surface area contributed by atoms with Crippen molar-refractivity contribution in [2.24, 2.45) is 0 Å². The van der Waals surface area contributed by atoms with Crippen LogP contribution in [0.5, 0.6) is 5.75 Å². The second-order valence-electron chi connectivity index (χ2n) is 8.42. The maximum absolute atomic E-state index is 11.6. The maximum atomic E-state index is 11.6. The fourth-order valence-corrected chi connectivity index (χ4v) is 4.69. The Labute approximate surface area is 201 Å². The largest absolute Gasteiger partial charge is 0.495 e. The monoisotopic (exact) mass is 479 g/mol. The number of anilines is 2. The van der Waals surface area contributed by atoms with Crippen molar-refractivity contribution in [3.05, 3.63) is 41.2 Å². The Morgan fingerprint density at radius 2 is 1.94 bits per heavy atom. The van der Waals surface area contributed by atoms with Crippen molar-refractivity contribution in [1.29, 1.82) is 0 Å². The Morgan fingerprint density at radius 3 is 2.68 bits per heavy atom. The first-order chi connectivity index (χ1) is 16.6. The van der Waals surface area contributed by atoms with Crippen LogP contribution in [0.2, 0.25) is 5.02 Å². The van der Waals surface area contributed by atoms with E-state index in [1.807, 2.05) is 42.2 Å². The lowest BCUT2D eigenvalue weighted by molar-refractivity contribution is -0.120. The highest BCUT2D eigenvalue weighted by molar-refractivity contribution is 6.32. The van der Waals surface area contributed by atoms with Gasteiger partial charge in [-0.1, -0.05) is 17.7 Å². The number of ketones is 1. The van der Waals surface area contributed by atoms with Crippen LogP contribution < -0.4 is 15.4 Å². The Morgan fingerprint density at radius 1 is 1.15 bits per heavy atom. The number of carbonyl (C=O) groups is 1. The lowest BCUT2D eigenvalue weighted by Crippen LogP contribution is -2.26. The van der Waals surface area contributed by atoms with Crippen LogP contribution in [0.25, 0.3) is 21.8 Å². The number of ether oxygens (including phenoxy) is 1. The number of Topliss-reactive ketones (excluding diaryl/α,β-unsaturated/α-hetero) is 1. The SMILES string of the molecule is CCn1ncc2c3c(NCc4ccc(OC)c(Cl)c4)nnc(NC4CCC(=O)CC4)c3cnc21. The molecule has 0 radical (unpaired) electrons. The topological polar surface area (TPSA) is 107 Å². The second kappa shape index (κ2) is 9.42. The number of methoxy groups -OCH3 is 1. The minimum Gasteiger partial charge on any atom is -0.495 e. The number of hydrogen-bond acceptors (Lipinski definition) is 8. The maximum Gasteiger partial charge on any atom is 0.158 e. The van der Waals surface area contributed by atoms with Crippen LogP contribution in [0.15, 0.2) is 30.6 Å². The molecular formula is C24H26ClN7O2. The molecule has 2 N–H and O–H groups in total. The zero-order valence-electron chi connectivity index (χ0n) is 19.1. The first-order valence-corrected chi connectivity index (χ1v) is 11.8. The number of nitrogens with zero attached hydrogens (tertiary/aromatic N) is 5. The van der Waals surface area contributed by atoms with Crippen LogP contribution >= 0.6 is 11.6 Å². The molecule has 0 amide bonds. The number of fused-ring (bicyclic) bond motifs is 3. The normalized spacial score (nSPS) is 14.6. The molecule has 5 rings (SSSR count). The van der Waals surface area contributed by atoms with E-state index in [2.05, 4.69) is 30.9 Å². The zero-order valence-corrected chi connectivity index (χ0v) is 19.9. The third-order valence-electron chi connectivity index (χ3n) is 6.27. The van der Waals surface area contributed by atoms with Crippen molar-refractivity contribution >= 4 is 50.8 Å². The predicted octanol–water partition coefficient (Wildman–Crippen LogP) is 4.59. The highest BCUT2D eigenvalue weighted by Crippen LogP contribution is 2.33. The average Bonchev–Trinajstić information content (AvgIpc) is 3.28. The van der Waals surface area contributed by atoms with Gasteiger partial charge in [0.2, 0.25) is 0 Å². The smallest absolute Gasteiger partial charge is 0.158 e. The summed E-state index contributed by atoms with van der Waals surface area (Å²) in [6, 6.07) is 5.86. The number of pyridine rings is 1. The number of halogens is 1. The molecule has 1 saturated carbocycles. The number of aryl methyl sites for hydroxylation is 1. The van der Waals surface area contributed by atoms with Crippen LogP contribution in [-0.2, 0) is 17.9 Å². The summed E-state index contributed by atoms with van der Waals surface area (Å²) in [4.78, 5) is 16.3. The lowest BCUT2D eigenvalue weighted by atomic mass is 9.94. The number of rotatable bonds is 7. The van der Waals surface area contributed by atoms with Gasteiger partial charge in [0.1, 0.15) is 11.5 Å². The molecule has 0 unspecified atom stereocenters. The van der Waals surface area contributed by atoms with Gasteiger partial charge in [0.05, 0.1) is 23.7 Å². The third kappa shape index (κ3) is 4.23. The van der Waals surface area contributed by atoms with Gasteiger partial charge < -0.3 is 15.4 Å². The molecule has 1 aliphatic carbocycles. The van der Waals surface area contributed by atoms with E-state index in [0.717, 1.165) is 46.8 Å². The Bertz CT molecular complexity index is 1360. The van der Waals surface area contributed by atoms with Gasteiger partial charge in [-0.3, -0.25) is 4.79 Å². The summed E-state index contributed by atoms with van der Waals surface area (Å²) in [6.07, 6.45) is 6.44. The molecule has 0 atom stereocenters. The molecule has 1 aromatic carbocycles. The summed E-state index contributed by atoms with van der Waals surface area (Å²) in [5, 5.41) is 23.7. The van der Waals surface area contributed by atoms with E-state index in [-0.39, 0.29) is 6.04 Å². The molecule has 1 fully saturated rings. The number of nitrogens with one attached hydrogen (secondary N) is 2. The minimum atomic E-state index is 0.185. The van der Waals surface area contributed by atoms with Crippen molar-refractivity contribution in [2.45, 2.75) is 51.7 Å². The number of benzene rings is 1. The van der Waals surface area contributed by atoms with E-state index >= 15 is 0 Å². The average molecular weight is 480 g/mol. The molecule has 0 bridgehead atoms. The fraction of sp³-hybridized carbons (Fsp3) is 0.375. The molecule has 3 aromatic heterocycles. The van der Waals surface area contributed by atoms with Gasteiger partial charge in [-0.25, -0.2) is 9.67 Å². The molecule has 10 heteroatoms. The van der Waals surface area contributed by atoms with Crippen molar-refractivity contribution in [1.82, 2.24) is 25.0 Å². The molecule has 34 heavy (non-hydrogen) atoms.